The van der Waals surface area contributed by atoms with Gasteiger partial charge in [-0.2, -0.15) is 0 Å². The van der Waals surface area contributed by atoms with E-state index in [4.69, 9.17) is 0 Å². The molecular formula is C17H24N4O3S. The first-order valence-electron chi connectivity index (χ1n) is 9.04. The summed E-state index contributed by atoms with van der Waals surface area (Å²) in [4.78, 5) is 19.0. The lowest BCUT2D eigenvalue weighted by atomic mass is 10.1. The first-order valence-corrected chi connectivity index (χ1v) is 10.7. The topological polar surface area (TPSA) is 73.3 Å². The van der Waals surface area contributed by atoms with Gasteiger partial charge in [0.15, 0.2) is 0 Å². The first-order chi connectivity index (χ1) is 12.0. The number of sulfonamides is 1. The van der Waals surface area contributed by atoms with Crippen LogP contribution in [0.4, 0.5) is 0 Å². The van der Waals surface area contributed by atoms with Crippen LogP contribution in [0.5, 0.6) is 0 Å². The maximum Gasteiger partial charge on any atom is 0.256 e. The second-order valence-corrected chi connectivity index (χ2v) is 8.87. The van der Waals surface area contributed by atoms with E-state index in [9.17, 15) is 13.2 Å². The van der Waals surface area contributed by atoms with Crippen molar-refractivity contribution in [3.63, 3.8) is 0 Å². The fraction of sp³-hybridized carbons (Fsp3) is 0.647. The molecule has 0 radical (unpaired) electrons. The molecule has 1 saturated heterocycles. The number of fused-ring (bicyclic) bond motifs is 1. The highest BCUT2D eigenvalue weighted by Gasteiger charge is 2.30. The van der Waals surface area contributed by atoms with Crippen molar-refractivity contribution in [1.29, 1.82) is 0 Å². The molecular weight excluding hydrogens is 340 g/mol. The largest absolute Gasteiger partial charge is 0.336 e. The maximum atomic E-state index is 12.8. The molecule has 0 aromatic carbocycles. The van der Waals surface area contributed by atoms with Crippen molar-refractivity contribution in [3.8, 4) is 0 Å². The van der Waals surface area contributed by atoms with Crippen molar-refractivity contribution in [2.45, 2.75) is 31.7 Å². The highest BCUT2D eigenvalue weighted by atomic mass is 32.2. The Kier molecular flexibility index (Phi) is 4.41. The number of rotatable bonds is 2. The van der Waals surface area contributed by atoms with E-state index in [1.807, 2.05) is 4.90 Å². The third kappa shape index (κ3) is 3.50. The number of amides is 1. The van der Waals surface area contributed by atoms with Gasteiger partial charge in [-0.15, -0.1) is 4.40 Å². The molecule has 1 saturated carbocycles. The summed E-state index contributed by atoms with van der Waals surface area (Å²) in [6.07, 6.45) is 10.3. The summed E-state index contributed by atoms with van der Waals surface area (Å²) in [7, 11) is -3.36. The molecule has 0 atom stereocenters. The van der Waals surface area contributed by atoms with Gasteiger partial charge in [0.1, 0.15) is 5.84 Å². The van der Waals surface area contributed by atoms with E-state index in [0.717, 1.165) is 26.2 Å². The zero-order valence-electron chi connectivity index (χ0n) is 14.3. The standard InChI is InChI=1S/C17H24N4O3S/c22-17(20-9-7-19(8-10-20)15-3-1-2-4-15)14-5-6-16-18-25(23,24)12-11-21(16)13-14/h5-6,13,15H,1-4,7-12H2. The van der Waals surface area contributed by atoms with Gasteiger partial charge in [0, 0.05) is 45.0 Å². The smallest absolute Gasteiger partial charge is 0.256 e. The summed E-state index contributed by atoms with van der Waals surface area (Å²) in [5.74, 6) is 0.409. The molecule has 1 amide bonds. The summed E-state index contributed by atoms with van der Waals surface area (Å²) >= 11 is 0. The van der Waals surface area contributed by atoms with Gasteiger partial charge in [-0.05, 0) is 25.0 Å². The molecule has 4 rings (SSSR count). The van der Waals surface area contributed by atoms with Gasteiger partial charge in [-0.3, -0.25) is 9.69 Å². The molecule has 0 aromatic heterocycles. The predicted molar refractivity (Wildman–Crippen MR) is 95.6 cm³/mol. The second-order valence-electron chi connectivity index (χ2n) is 7.11. The molecule has 0 spiro atoms. The van der Waals surface area contributed by atoms with Gasteiger partial charge in [0.25, 0.3) is 15.9 Å². The van der Waals surface area contributed by atoms with E-state index in [0.29, 0.717) is 24.0 Å². The minimum atomic E-state index is -3.36. The summed E-state index contributed by atoms with van der Waals surface area (Å²) in [6.45, 7) is 3.76. The molecule has 8 heteroatoms. The number of hydrogen-bond acceptors (Lipinski definition) is 5. The van der Waals surface area contributed by atoms with Crippen molar-refractivity contribution < 1.29 is 13.2 Å². The predicted octanol–water partition coefficient (Wildman–Crippen LogP) is 0.571. The average molecular weight is 364 g/mol. The van der Waals surface area contributed by atoms with Crippen molar-refractivity contribution in [3.05, 3.63) is 23.9 Å². The quantitative estimate of drug-likeness (QED) is 0.716. The lowest BCUT2D eigenvalue weighted by Crippen LogP contribution is -2.52. The summed E-state index contributed by atoms with van der Waals surface area (Å²) in [5.41, 5.74) is 0.604. The van der Waals surface area contributed by atoms with Crippen LogP contribution in [0.15, 0.2) is 28.3 Å². The zero-order valence-corrected chi connectivity index (χ0v) is 15.1. The minimum absolute atomic E-state index is 0.0115. The van der Waals surface area contributed by atoms with Crippen LogP contribution >= 0.6 is 0 Å². The normalized spacial score (nSPS) is 27.0. The van der Waals surface area contributed by atoms with Crippen molar-refractivity contribution >= 4 is 21.8 Å². The van der Waals surface area contributed by atoms with Crippen LogP contribution in [0, 0.1) is 0 Å². The van der Waals surface area contributed by atoms with Crippen LogP contribution in [-0.4, -0.2) is 79.4 Å². The lowest BCUT2D eigenvalue weighted by molar-refractivity contribution is -0.128. The van der Waals surface area contributed by atoms with Crippen LogP contribution in [0.3, 0.4) is 0 Å². The minimum Gasteiger partial charge on any atom is -0.336 e. The SMILES string of the molecule is O=C(C1=CN2CCS(=O)(=O)N=C2C=C1)N1CCN(C2CCCC2)CC1. The molecule has 7 nitrogen and oxygen atoms in total. The van der Waals surface area contributed by atoms with E-state index >= 15 is 0 Å². The van der Waals surface area contributed by atoms with Crippen LogP contribution in [0.2, 0.25) is 0 Å². The fourth-order valence-corrected chi connectivity index (χ4v) is 5.04. The van der Waals surface area contributed by atoms with E-state index in [1.165, 1.54) is 25.7 Å². The summed E-state index contributed by atoms with van der Waals surface area (Å²) in [6, 6.07) is 0.708. The number of piperazine rings is 1. The van der Waals surface area contributed by atoms with E-state index in [-0.39, 0.29) is 11.7 Å². The van der Waals surface area contributed by atoms with Gasteiger partial charge in [0.05, 0.1) is 11.3 Å². The Morgan fingerprint density at radius 2 is 1.76 bits per heavy atom. The molecule has 0 aromatic rings. The fourth-order valence-electron chi connectivity index (χ4n) is 4.07. The van der Waals surface area contributed by atoms with Gasteiger partial charge in [-0.25, -0.2) is 8.42 Å². The van der Waals surface area contributed by atoms with E-state index in [2.05, 4.69) is 9.30 Å². The Morgan fingerprint density at radius 1 is 1.04 bits per heavy atom. The Balaban J connectivity index is 1.39. The second kappa shape index (κ2) is 6.57. The number of hydrogen-bond donors (Lipinski definition) is 0. The highest BCUT2D eigenvalue weighted by Crippen LogP contribution is 2.25. The Hall–Kier alpha value is -1.67. The third-order valence-electron chi connectivity index (χ3n) is 5.51. The Morgan fingerprint density at radius 3 is 2.48 bits per heavy atom. The van der Waals surface area contributed by atoms with Crippen molar-refractivity contribution in [2.75, 3.05) is 38.5 Å². The van der Waals surface area contributed by atoms with Crippen LogP contribution in [0.25, 0.3) is 0 Å². The molecule has 136 valence electrons. The van der Waals surface area contributed by atoms with Crippen LogP contribution in [0.1, 0.15) is 25.7 Å². The Bertz CT molecular complexity index is 742. The summed E-state index contributed by atoms with van der Waals surface area (Å²) in [5, 5.41) is 0. The van der Waals surface area contributed by atoms with Gasteiger partial charge < -0.3 is 9.80 Å². The van der Waals surface area contributed by atoms with Crippen LogP contribution < -0.4 is 0 Å². The molecule has 2 fully saturated rings. The van der Waals surface area contributed by atoms with Gasteiger partial charge in [0.2, 0.25) is 0 Å². The van der Waals surface area contributed by atoms with Crippen molar-refractivity contribution in [2.24, 2.45) is 4.40 Å². The molecule has 25 heavy (non-hydrogen) atoms. The third-order valence-corrected chi connectivity index (χ3v) is 6.68. The molecule has 3 heterocycles. The van der Waals surface area contributed by atoms with Gasteiger partial charge >= 0.3 is 0 Å². The molecule has 0 N–H and O–H groups in total. The Labute approximate surface area is 148 Å². The number of carbonyl (C=O) groups is 1. The average Bonchev–Trinajstić information content (AvgIpc) is 3.15. The van der Waals surface area contributed by atoms with Crippen LogP contribution in [-0.2, 0) is 14.8 Å². The summed E-state index contributed by atoms with van der Waals surface area (Å²) < 4.78 is 26.9. The molecule has 3 aliphatic heterocycles. The molecule has 4 aliphatic rings. The lowest BCUT2D eigenvalue weighted by Gasteiger charge is -2.38. The monoisotopic (exact) mass is 364 g/mol. The molecule has 0 unspecified atom stereocenters. The molecule has 1 aliphatic carbocycles. The molecule has 0 bridgehead atoms. The number of carbonyl (C=O) groups excluding carboxylic acids is 1. The number of amidine groups is 1. The maximum absolute atomic E-state index is 12.8. The number of nitrogens with zero attached hydrogens (tertiary/aromatic N) is 4. The van der Waals surface area contributed by atoms with E-state index in [1.54, 1.807) is 23.3 Å². The zero-order chi connectivity index (χ0) is 17.4. The first kappa shape index (κ1) is 16.8. The highest BCUT2D eigenvalue weighted by molar-refractivity contribution is 7.90. The van der Waals surface area contributed by atoms with Crippen molar-refractivity contribution in [1.82, 2.24) is 14.7 Å². The van der Waals surface area contributed by atoms with E-state index < -0.39 is 10.0 Å². The van der Waals surface area contributed by atoms with Gasteiger partial charge in [-0.1, -0.05) is 12.8 Å².